The van der Waals surface area contributed by atoms with Crippen LogP contribution in [0.5, 0.6) is 0 Å². The molecule has 0 bridgehead atoms. The summed E-state index contributed by atoms with van der Waals surface area (Å²) in [4.78, 5) is 0. The molecule has 0 radical (unpaired) electrons. The Morgan fingerprint density at radius 3 is 1.81 bits per heavy atom. The molecule has 0 aliphatic carbocycles. The first-order valence-corrected chi connectivity index (χ1v) is 15.5. The second kappa shape index (κ2) is 5.98. The average Bonchev–Trinajstić information content (AvgIpc) is 1.97. The van der Waals surface area contributed by atoms with E-state index in [-0.39, 0.29) is 14.7 Å². The van der Waals surface area contributed by atoms with Gasteiger partial charge in [-0.25, -0.2) is 0 Å². The van der Waals surface area contributed by atoms with Gasteiger partial charge in [0.1, 0.15) is 0 Å². The molecule has 0 unspecified atom stereocenters. The molecule has 0 amide bonds. The Morgan fingerprint density at radius 1 is 0.938 bits per heavy atom. The summed E-state index contributed by atoms with van der Waals surface area (Å²) in [5.41, 5.74) is 0. The van der Waals surface area contributed by atoms with E-state index in [0.717, 1.165) is 0 Å². The van der Waals surface area contributed by atoms with Gasteiger partial charge in [0.15, 0.2) is 0 Å². The highest BCUT2D eigenvalue weighted by Crippen LogP contribution is 2.25. The maximum absolute atomic E-state index is 9.76. The van der Waals surface area contributed by atoms with Gasteiger partial charge >= 0.3 is 0 Å². The molecule has 0 spiro atoms. The predicted octanol–water partition coefficient (Wildman–Crippen LogP) is 3.35. The maximum atomic E-state index is 9.76. The fourth-order valence-electron chi connectivity index (χ4n) is 1.84. The van der Waals surface area contributed by atoms with Crippen molar-refractivity contribution in [1.82, 2.24) is 0 Å². The maximum Gasteiger partial charge on any atom is 0.0581 e. The van der Waals surface area contributed by atoms with Crippen LogP contribution in [0.3, 0.4) is 0 Å². The normalized spacial score (nSPS) is 15.0. The minimum absolute atomic E-state index is 0.280. The quantitative estimate of drug-likeness (QED) is 0.707. The van der Waals surface area contributed by atoms with Crippen LogP contribution in [0.15, 0.2) is 0 Å². The van der Waals surface area contributed by atoms with E-state index in [1.807, 2.05) is 13.8 Å². The number of hydrogen-bond acceptors (Lipinski definition) is 1. The van der Waals surface area contributed by atoms with E-state index < -0.39 is 16.1 Å². The van der Waals surface area contributed by atoms with E-state index in [4.69, 9.17) is 0 Å². The molecule has 0 aromatic carbocycles. The molecule has 0 aliphatic heterocycles. The van der Waals surface area contributed by atoms with Gasteiger partial charge in [0, 0.05) is 21.4 Å². The van der Waals surface area contributed by atoms with Crippen LogP contribution < -0.4 is 0 Å². The third-order valence-corrected chi connectivity index (χ3v) is 11.4. The van der Waals surface area contributed by atoms with Gasteiger partial charge in [-0.05, 0) is 13.8 Å². The molecule has 1 N–H and O–H groups in total. The topological polar surface area (TPSA) is 20.2 Å². The fourth-order valence-corrected chi connectivity index (χ4v) is 13.2. The number of hydrogen-bond donors (Lipinski definition) is 1. The van der Waals surface area contributed by atoms with Crippen molar-refractivity contribution in [2.45, 2.75) is 76.0 Å². The third kappa shape index (κ3) is 11.1. The fraction of sp³-hybridized carbons (Fsp3) is 1.00. The summed E-state index contributed by atoms with van der Waals surface area (Å²) in [6, 6.07) is 5.78. The zero-order chi connectivity index (χ0) is 13.0. The monoisotopic (exact) mass is 276 g/mol. The van der Waals surface area contributed by atoms with E-state index in [1.54, 1.807) is 0 Å². The molecule has 0 atom stereocenters. The first kappa shape index (κ1) is 16.6. The van der Waals surface area contributed by atoms with Crippen LogP contribution in [-0.2, 0) is 0 Å². The third-order valence-electron chi connectivity index (χ3n) is 3.19. The second-order valence-corrected chi connectivity index (χ2v) is 21.8. The Balaban J connectivity index is 3.88. The van der Waals surface area contributed by atoms with Crippen LogP contribution in [0, 0.1) is 0 Å². The van der Waals surface area contributed by atoms with Gasteiger partial charge in [-0.1, -0.05) is 56.9 Å². The van der Waals surface area contributed by atoms with Crippen molar-refractivity contribution >= 4 is 25.7 Å². The first-order chi connectivity index (χ1) is 6.91. The smallest absolute Gasteiger partial charge is 0.0581 e. The van der Waals surface area contributed by atoms with Crippen LogP contribution in [0.4, 0.5) is 0 Å². The number of aliphatic hydroxyl groups is 1. The second-order valence-electron chi connectivity index (χ2n) is 7.89. The molecule has 0 rings (SSSR count). The lowest BCUT2D eigenvalue weighted by Crippen LogP contribution is -2.33. The minimum Gasteiger partial charge on any atom is -0.395 e. The molecular formula is C12H32OSi3. The van der Waals surface area contributed by atoms with Gasteiger partial charge in [-0.3, -0.25) is 0 Å². The van der Waals surface area contributed by atoms with Gasteiger partial charge in [-0.15, -0.1) is 0 Å². The molecule has 98 valence electrons. The Kier molecular flexibility index (Phi) is 6.21. The van der Waals surface area contributed by atoms with Crippen molar-refractivity contribution in [3.8, 4) is 0 Å². The summed E-state index contributed by atoms with van der Waals surface area (Å²) < 4.78 is 0. The molecule has 4 heteroatoms. The molecule has 0 saturated heterocycles. The largest absolute Gasteiger partial charge is 0.395 e. The number of rotatable bonds is 7. The molecule has 16 heavy (non-hydrogen) atoms. The molecule has 0 aromatic rings. The molecule has 0 fully saturated rings. The van der Waals surface area contributed by atoms with Crippen molar-refractivity contribution in [2.24, 2.45) is 0 Å². The van der Waals surface area contributed by atoms with Crippen molar-refractivity contribution < 1.29 is 5.11 Å². The van der Waals surface area contributed by atoms with E-state index in [2.05, 4.69) is 32.7 Å². The summed E-state index contributed by atoms with van der Waals surface area (Å²) in [6.07, 6.45) is 0. The predicted molar refractivity (Wildman–Crippen MR) is 84.9 cm³/mol. The van der Waals surface area contributed by atoms with Crippen LogP contribution in [0.2, 0.25) is 56.9 Å². The van der Waals surface area contributed by atoms with Crippen LogP contribution in [-0.4, -0.2) is 36.0 Å². The summed E-state index contributed by atoms with van der Waals surface area (Å²) in [5, 5.41) is 9.43. The van der Waals surface area contributed by atoms with E-state index in [1.165, 1.54) is 24.2 Å². The zero-order valence-electron chi connectivity index (χ0n) is 12.5. The summed E-state index contributed by atoms with van der Waals surface area (Å²) in [5.74, 6) is 0. The van der Waals surface area contributed by atoms with Gasteiger partial charge in [0.05, 0.1) is 9.52 Å². The van der Waals surface area contributed by atoms with Gasteiger partial charge in [-0.2, -0.15) is 0 Å². The van der Waals surface area contributed by atoms with Crippen molar-refractivity contribution in [3.05, 3.63) is 0 Å². The van der Waals surface area contributed by atoms with Crippen LogP contribution >= 0.6 is 0 Å². The Morgan fingerprint density at radius 2 is 1.44 bits per heavy atom. The SMILES string of the molecule is CC(C)(O)[SiH2]CC[Si](C)(C)CC[Si](C)(C)C. The molecule has 0 aliphatic rings. The first-order valence-electron chi connectivity index (χ1n) is 6.64. The lowest BCUT2D eigenvalue weighted by molar-refractivity contribution is 0.165. The lowest BCUT2D eigenvalue weighted by Gasteiger charge is -2.27. The summed E-state index contributed by atoms with van der Waals surface area (Å²) in [6.45, 7) is 16.5. The lowest BCUT2D eigenvalue weighted by atomic mass is 10.5. The van der Waals surface area contributed by atoms with E-state index in [0.29, 0.717) is 0 Å². The highest BCUT2D eigenvalue weighted by atomic mass is 28.3. The van der Waals surface area contributed by atoms with Crippen molar-refractivity contribution in [2.75, 3.05) is 0 Å². The van der Waals surface area contributed by atoms with Gasteiger partial charge < -0.3 is 5.11 Å². The van der Waals surface area contributed by atoms with Crippen molar-refractivity contribution in [1.29, 1.82) is 0 Å². The Bertz CT molecular complexity index is 201. The summed E-state index contributed by atoms with van der Waals surface area (Å²) in [7, 11) is -2.08. The van der Waals surface area contributed by atoms with E-state index in [9.17, 15) is 5.11 Å². The highest BCUT2D eigenvalue weighted by molar-refractivity contribution is 6.82. The van der Waals surface area contributed by atoms with Gasteiger partial charge in [0.2, 0.25) is 0 Å². The van der Waals surface area contributed by atoms with E-state index >= 15 is 0 Å². The van der Waals surface area contributed by atoms with Gasteiger partial charge in [0.25, 0.3) is 0 Å². The molecule has 0 saturated carbocycles. The Hall–Kier alpha value is 0.611. The summed E-state index contributed by atoms with van der Waals surface area (Å²) >= 11 is 0. The van der Waals surface area contributed by atoms with Crippen molar-refractivity contribution in [3.63, 3.8) is 0 Å². The average molecular weight is 277 g/mol. The van der Waals surface area contributed by atoms with Crippen LogP contribution in [0.1, 0.15) is 13.8 Å². The molecule has 0 heterocycles. The van der Waals surface area contributed by atoms with Crippen LogP contribution in [0.25, 0.3) is 0 Å². The molecule has 1 nitrogen and oxygen atoms in total. The highest BCUT2D eigenvalue weighted by Gasteiger charge is 2.25. The Labute approximate surface area is 107 Å². The zero-order valence-corrected chi connectivity index (χ0v) is 15.9. The molecule has 0 aromatic heterocycles. The molecular weight excluding hydrogens is 244 g/mol. The standard InChI is InChI=1S/C12H32OSi3/c1-12(2,13)14-8-9-16(6,7)11-10-15(3,4)5/h13H,8-11,14H2,1-7H3. The minimum atomic E-state index is -0.955.